The van der Waals surface area contributed by atoms with Crippen LogP contribution in [0.3, 0.4) is 0 Å². The normalized spacial score (nSPS) is 11.3. The van der Waals surface area contributed by atoms with Gasteiger partial charge in [0.25, 0.3) is 0 Å². The summed E-state index contributed by atoms with van der Waals surface area (Å²) in [6, 6.07) is 3.23. The number of fused-ring (bicyclic) bond motifs is 1. The fourth-order valence-electron chi connectivity index (χ4n) is 1.92. The Morgan fingerprint density at radius 3 is 2.65 bits per heavy atom. The van der Waals surface area contributed by atoms with E-state index in [-0.39, 0.29) is 11.3 Å². The lowest BCUT2D eigenvalue weighted by Gasteiger charge is -2.12. The Labute approximate surface area is 104 Å². The molecule has 90 valence electrons. The molecule has 2 N–H and O–H groups in total. The molecule has 1 heterocycles. The van der Waals surface area contributed by atoms with Crippen molar-refractivity contribution in [1.82, 2.24) is 4.34 Å². The maximum absolute atomic E-state index is 11.2. The molecule has 0 aliphatic heterocycles. The van der Waals surface area contributed by atoms with E-state index in [4.69, 9.17) is 5.11 Å². The van der Waals surface area contributed by atoms with Crippen LogP contribution < -0.4 is 0 Å². The van der Waals surface area contributed by atoms with Gasteiger partial charge in [-0.1, -0.05) is 17.9 Å². The smallest absolute Gasteiger partial charge is 0.340 e. The number of hydrogen-bond acceptors (Lipinski definition) is 2. The van der Waals surface area contributed by atoms with E-state index in [1.54, 1.807) is 6.07 Å². The van der Waals surface area contributed by atoms with Gasteiger partial charge in [-0.15, -0.1) is 0 Å². The van der Waals surface area contributed by atoms with Crippen LogP contribution in [-0.4, -0.2) is 20.5 Å². The Bertz CT molecular complexity index is 606. The average molecular weight is 287 g/mol. The zero-order chi connectivity index (χ0) is 12.7. The highest BCUT2D eigenvalue weighted by Gasteiger charge is 2.19. The summed E-state index contributed by atoms with van der Waals surface area (Å²) in [5.74, 6) is -1.29. The highest BCUT2D eigenvalue weighted by Crippen LogP contribution is 2.56. The number of carboxylic acids is 1. The molecule has 0 fully saturated rings. The first-order valence-electron chi connectivity index (χ1n) is 4.80. The van der Waals surface area contributed by atoms with Gasteiger partial charge in [-0.2, -0.15) is 0 Å². The van der Waals surface area contributed by atoms with Crippen molar-refractivity contribution in [3.63, 3.8) is 0 Å². The zero-order valence-electron chi connectivity index (χ0n) is 9.08. The van der Waals surface area contributed by atoms with E-state index in [0.717, 1.165) is 11.1 Å². The standard InChI is InChI=1S/C10H12NO3P3/c1-5-4-7(12)8(10(13)14)6-2-3-11(9(5)6)17(15)16/h2-4,12H,15-16H2,1H3,(H,13,14). The van der Waals surface area contributed by atoms with Crippen molar-refractivity contribution in [1.29, 1.82) is 0 Å². The third-order valence-corrected chi connectivity index (χ3v) is 4.91. The van der Waals surface area contributed by atoms with Crippen molar-refractivity contribution >= 4 is 42.2 Å². The van der Waals surface area contributed by atoms with Gasteiger partial charge in [0.05, 0.1) is 5.52 Å². The number of carboxylic acid groups (broad SMARTS) is 1. The molecule has 1 aromatic carbocycles. The number of aromatic nitrogens is 1. The van der Waals surface area contributed by atoms with Gasteiger partial charge in [0.1, 0.15) is 11.3 Å². The molecule has 2 aromatic rings. The Kier molecular flexibility index (Phi) is 3.41. The van der Waals surface area contributed by atoms with Crippen LogP contribution in [0.5, 0.6) is 5.75 Å². The van der Waals surface area contributed by atoms with Gasteiger partial charge in [-0.3, -0.25) is 0 Å². The van der Waals surface area contributed by atoms with Crippen molar-refractivity contribution < 1.29 is 15.0 Å². The second kappa shape index (κ2) is 4.53. The summed E-state index contributed by atoms with van der Waals surface area (Å²) >= 11 is 0. The minimum Gasteiger partial charge on any atom is -0.507 e. The van der Waals surface area contributed by atoms with Crippen molar-refractivity contribution in [2.45, 2.75) is 6.92 Å². The minimum atomic E-state index is -1.11. The van der Waals surface area contributed by atoms with Gasteiger partial charge in [-0.25, -0.2) is 4.79 Å². The lowest BCUT2D eigenvalue weighted by atomic mass is 10.1. The molecular formula is C10H12NO3P3. The van der Waals surface area contributed by atoms with Crippen LogP contribution in [0.25, 0.3) is 10.9 Å². The molecule has 17 heavy (non-hydrogen) atoms. The van der Waals surface area contributed by atoms with E-state index in [1.807, 2.05) is 17.5 Å². The molecule has 7 heteroatoms. The maximum Gasteiger partial charge on any atom is 0.340 e. The maximum atomic E-state index is 11.2. The molecule has 2 atom stereocenters. The number of aryl methyl sites for hydroxylation is 1. The van der Waals surface area contributed by atoms with Gasteiger partial charge in [0.2, 0.25) is 0 Å². The Balaban J connectivity index is 2.90. The molecule has 2 rings (SSSR count). The SMILES string of the molecule is Cc1cc(O)c(C(=O)O)c2ccn(P(P)P)c12. The van der Waals surface area contributed by atoms with Crippen LogP contribution in [0.15, 0.2) is 18.3 Å². The Hall–Kier alpha value is -0.680. The van der Waals surface area contributed by atoms with Gasteiger partial charge in [0.15, 0.2) is 0 Å². The van der Waals surface area contributed by atoms with Crippen molar-refractivity contribution in [2.24, 2.45) is 0 Å². The van der Waals surface area contributed by atoms with Crippen LogP contribution in [0.4, 0.5) is 0 Å². The molecule has 0 saturated carbocycles. The lowest BCUT2D eigenvalue weighted by molar-refractivity contribution is 0.0696. The van der Waals surface area contributed by atoms with E-state index >= 15 is 0 Å². The summed E-state index contributed by atoms with van der Waals surface area (Å²) in [5.41, 5.74) is 1.69. The fourth-order valence-corrected chi connectivity index (χ4v) is 3.79. The zero-order valence-corrected chi connectivity index (χ0v) is 12.3. The van der Waals surface area contributed by atoms with Gasteiger partial charge in [0, 0.05) is 19.0 Å². The Morgan fingerprint density at radius 1 is 1.47 bits per heavy atom. The number of nitrogens with zero attached hydrogens (tertiary/aromatic N) is 1. The van der Waals surface area contributed by atoms with Crippen molar-refractivity contribution in [3.8, 4) is 5.75 Å². The van der Waals surface area contributed by atoms with Gasteiger partial charge >= 0.3 is 5.97 Å². The van der Waals surface area contributed by atoms with E-state index in [9.17, 15) is 9.90 Å². The second-order valence-electron chi connectivity index (χ2n) is 3.70. The van der Waals surface area contributed by atoms with Crippen LogP contribution >= 0.6 is 25.3 Å². The third-order valence-electron chi connectivity index (χ3n) is 2.58. The molecule has 0 radical (unpaired) electrons. The summed E-state index contributed by atoms with van der Waals surface area (Å²) < 4.78 is 2.00. The topological polar surface area (TPSA) is 62.5 Å². The summed E-state index contributed by atoms with van der Waals surface area (Å²) in [7, 11) is 4.84. The van der Waals surface area contributed by atoms with E-state index in [0.29, 0.717) is 5.39 Å². The molecule has 0 bridgehead atoms. The van der Waals surface area contributed by atoms with Crippen LogP contribution in [0, 0.1) is 6.92 Å². The van der Waals surface area contributed by atoms with E-state index in [2.05, 4.69) is 17.9 Å². The van der Waals surface area contributed by atoms with Crippen molar-refractivity contribution in [2.75, 3.05) is 0 Å². The third kappa shape index (κ3) is 2.06. The summed E-state index contributed by atoms with van der Waals surface area (Å²) in [5, 5.41) is 19.4. The number of phenols is 1. The predicted molar refractivity (Wildman–Crippen MR) is 77.0 cm³/mol. The van der Waals surface area contributed by atoms with Gasteiger partial charge in [-0.05, 0) is 24.6 Å². The highest BCUT2D eigenvalue weighted by molar-refractivity contribution is 8.42. The molecule has 0 spiro atoms. The molecular weight excluding hydrogens is 275 g/mol. The summed E-state index contributed by atoms with van der Waals surface area (Å²) in [6.45, 7) is 1.86. The molecule has 0 aliphatic carbocycles. The number of rotatable bonds is 2. The first-order chi connectivity index (χ1) is 7.93. The number of hydrogen-bond donors (Lipinski definition) is 2. The minimum absolute atomic E-state index is 0.0313. The monoisotopic (exact) mass is 287 g/mol. The molecule has 0 amide bonds. The number of aromatic hydroxyl groups is 1. The van der Waals surface area contributed by atoms with Gasteiger partial charge < -0.3 is 14.6 Å². The average Bonchev–Trinajstić information content (AvgIpc) is 2.61. The molecule has 2 unspecified atom stereocenters. The lowest BCUT2D eigenvalue weighted by Crippen LogP contribution is -1.99. The number of carbonyl (C=O) groups is 1. The van der Waals surface area contributed by atoms with E-state index in [1.165, 1.54) is 6.07 Å². The summed E-state index contributed by atoms with van der Waals surface area (Å²) in [6.07, 6.45) is 1.84. The van der Waals surface area contributed by atoms with E-state index < -0.39 is 13.4 Å². The second-order valence-corrected chi connectivity index (χ2v) is 9.85. The number of aromatic carboxylic acids is 1. The largest absolute Gasteiger partial charge is 0.507 e. The van der Waals surface area contributed by atoms with Crippen LogP contribution in [-0.2, 0) is 0 Å². The molecule has 0 saturated heterocycles. The van der Waals surface area contributed by atoms with Crippen LogP contribution in [0.2, 0.25) is 0 Å². The molecule has 1 aromatic heterocycles. The quantitative estimate of drug-likeness (QED) is 0.834. The van der Waals surface area contributed by atoms with Crippen LogP contribution in [0.1, 0.15) is 15.9 Å². The first-order valence-corrected chi connectivity index (χ1v) is 9.33. The van der Waals surface area contributed by atoms with Crippen molar-refractivity contribution in [3.05, 3.63) is 29.5 Å². The first kappa shape index (κ1) is 12.8. The fraction of sp³-hybridized carbons (Fsp3) is 0.100. The number of benzene rings is 1. The molecule has 0 aliphatic rings. The predicted octanol–water partition coefficient (Wildman–Crippen LogP) is 3.18. The molecule has 4 nitrogen and oxygen atoms in total. The Morgan fingerprint density at radius 2 is 2.12 bits per heavy atom. The summed E-state index contributed by atoms with van der Waals surface area (Å²) in [4.78, 5) is 11.2. The highest BCUT2D eigenvalue weighted by atomic mass is 32.4.